The van der Waals surface area contributed by atoms with E-state index in [0.717, 1.165) is 11.3 Å². The first-order valence-electron chi connectivity index (χ1n) is 7.91. The summed E-state index contributed by atoms with van der Waals surface area (Å²) in [5, 5.41) is 9.66. The highest BCUT2D eigenvalue weighted by Gasteiger charge is 2.28. The molecule has 2 N–H and O–H groups in total. The average Bonchev–Trinajstić information content (AvgIpc) is 2.95. The number of carbonyl (C=O) groups is 1. The Bertz CT molecular complexity index is 939. The van der Waals surface area contributed by atoms with E-state index >= 15 is 0 Å². The van der Waals surface area contributed by atoms with E-state index in [-0.39, 0.29) is 23.6 Å². The largest absolute Gasteiger partial charge is 0.461 e. The van der Waals surface area contributed by atoms with E-state index in [9.17, 15) is 10.1 Å². The van der Waals surface area contributed by atoms with Crippen LogP contribution < -0.4 is 5.73 Å². The summed E-state index contributed by atoms with van der Waals surface area (Å²) in [5.41, 5.74) is 8.85. The highest BCUT2D eigenvalue weighted by Crippen LogP contribution is 2.36. The van der Waals surface area contributed by atoms with E-state index in [0.29, 0.717) is 5.69 Å². The molecule has 0 saturated carbocycles. The van der Waals surface area contributed by atoms with Crippen LogP contribution >= 0.6 is 0 Å². The van der Waals surface area contributed by atoms with Crippen molar-refractivity contribution in [3.05, 3.63) is 71.9 Å². The molecule has 0 aliphatic rings. The van der Waals surface area contributed by atoms with Crippen LogP contribution in [0.5, 0.6) is 0 Å². The molecule has 5 nitrogen and oxygen atoms in total. The monoisotopic (exact) mass is 331 g/mol. The fourth-order valence-electron chi connectivity index (χ4n) is 2.81. The Morgan fingerprint density at radius 3 is 2.28 bits per heavy atom. The second-order valence-corrected chi connectivity index (χ2v) is 5.36. The summed E-state index contributed by atoms with van der Waals surface area (Å²) >= 11 is 0. The third-order valence-corrected chi connectivity index (χ3v) is 3.85. The minimum absolute atomic E-state index is 0.128. The summed E-state index contributed by atoms with van der Waals surface area (Å²) in [6.07, 6.45) is 0. The molecule has 0 spiro atoms. The van der Waals surface area contributed by atoms with Crippen LogP contribution in [0.15, 0.2) is 60.7 Å². The number of aromatic nitrogens is 1. The molecule has 0 atom stereocenters. The van der Waals surface area contributed by atoms with Crippen molar-refractivity contribution in [2.45, 2.75) is 6.92 Å². The first-order valence-corrected chi connectivity index (χ1v) is 7.91. The Hall–Kier alpha value is -3.52. The molecule has 3 rings (SSSR count). The van der Waals surface area contributed by atoms with Gasteiger partial charge in [0, 0.05) is 5.69 Å². The smallest absolute Gasteiger partial charge is 0.357 e. The number of carbonyl (C=O) groups excluding carboxylic acids is 1. The Kier molecular flexibility index (Phi) is 4.53. The SMILES string of the molecule is CCOC(=O)c1c(N)c(C#N)c(-c2ccccc2)n1-c1ccccc1. The van der Waals surface area contributed by atoms with Crippen LogP contribution in [-0.4, -0.2) is 17.1 Å². The van der Waals surface area contributed by atoms with Gasteiger partial charge >= 0.3 is 5.97 Å². The van der Waals surface area contributed by atoms with Crippen LogP contribution in [0, 0.1) is 11.3 Å². The zero-order valence-corrected chi connectivity index (χ0v) is 13.8. The topological polar surface area (TPSA) is 81.0 Å². The number of nitrogen functional groups attached to an aromatic ring is 1. The molecule has 124 valence electrons. The van der Waals surface area contributed by atoms with E-state index in [1.165, 1.54) is 0 Å². The van der Waals surface area contributed by atoms with E-state index in [4.69, 9.17) is 10.5 Å². The maximum atomic E-state index is 12.5. The van der Waals surface area contributed by atoms with Crippen molar-refractivity contribution < 1.29 is 9.53 Å². The number of nitrogens with two attached hydrogens (primary N) is 1. The molecule has 0 unspecified atom stereocenters. The third-order valence-electron chi connectivity index (χ3n) is 3.85. The first kappa shape index (κ1) is 16.3. The summed E-state index contributed by atoms with van der Waals surface area (Å²) in [7, 11) is 0. The average molecular weight is 331 g/mol. The second kappa shape index (κ2) is 6.93. The Morgan fingerprint density at radius 2 is 1.72 bits per heavy atom. The van der Waals surface area contributed by atoms with Gasteiger partial charge in [-0.1, -0.05) is 48.5 Å². The maximum Gasteiger partial charge on any atom is 0.357 e. The van der Waals surface area contributed by atoms with E-state index in [1.807, 2.05) is 60.7 Å². The first-order chi connectivity index (χ1) is 12.2. The van der Waals surface area contributed by atoms with E-state index in [2.05, 4.69) is 6.07 Å². The van der Waals surface area contributed by atoms with Gasteiger partial charge in [-0.2, -0.15) is 5.26 Å². The highest BCUT2D eigenvalue weighted by atomic mass is 16.5. The van der Waals surface area contributed by atoms with Crippen LogP contribution in [0.25, 0.3) is 16.9 Å². The number of nitriles is 1. The molecule has 0 radical (unpaired) electrons. The van der Waals surface area contributed by atoms with Crippen molar-refractivity contribution in [3.8, 4) is 23.0 Å². The summed E-state index contributed by atoms with van der Waals surface area (Å²) < 4.78 is 6.87. The number of benzene rings is 2. The number of anilines is 1. The molecule has 3 aromatic rings. The van der Waals surface area contributed by atoms with Crippen molar-refractivity contribution >= 4 is 11.7 Å². The van der Waals surface area contributed by atoms with Crippen LogP contribution in [-0.2, 0) is 4.74 Å². The molecule has 25 heavy (non-hydrogen) atoms. The third kappa shape index (κ3) is 2.86. The highest BCUT2D eigenvalue weighted by molar-refractivity contribution is 5.99. The standard InChI is InChI=1S/C20H17N3O2/c1-2-25-20(24)19-17(22)16(13-21)18(14-9-5-3-6-10-14)23(19)15-11-7-4-8-12-15/h3-12H,2,22H2,1H3. The lowest BCUT2D eigenvalue weighted by Crippen LogP contribution is -2.13. The minimum Gasteiger partial charge on any atom is -0.461 e. The van der Waals surface area contributed by atoms with Crippen molar-refractivity contribution in [2.75, 3.05) is 12.3 Å². The molecular formula is C20H17N3O2. The van der Waals surface area contributed by atoms with Gasteiger partial charge in [0.1, 0.15) is 11.6 Å². The minimum atomic E-state index is -0.553. The summed E-state index contributed by atoms with van der Waals surface area (Å²) in [5.74, 6) is -0.553. The van der Waals surface area contributed by atoms with Gasteiger partial charge in [-0.25, -0.2) is 4.79 Å². The Labute approximate surface area is 145 Å². The van der Waals surface area contributed by atoms with Crippen LogP contribution in [0.2, 0.25) is 0 Å². The summed E-state index contributed by atoms with van der Waals surface area (Å²) in [6.45, 7) is 1.95. The number of hydrogen-bond acceptors (Lipinski definition) is 4. The summed E-state index contributed by atoms with van der Waals surface area (Å²) in [6, 6.07) is 20.9. The molecule has 0 amide bonds. The molecular weight excluding hydrogens is 314 g/mol. The zero-order valence-electron chi connectivity index (χ0n) is 13.8. The molecule has 0 aliphatic carbocycles. The normalized spacial score (nSPS) is 10.2. The van der Waals surface area contributed by atoms with Gasteiger partial charge in [-0.3, -0.25) is 0 Å². The van der Waals surface area contributed by atoms with Gasteiger partial charge in [0.2, 0.25) is 0 Å². The molecule has 0 fully saturated rings. The lowest BCUT2D eigenvalue weighted by molar-refractivity contribution is 0.0518. The molecule has 1 aromatic heterocycles. The zero-order chi connectivity index (χ0) is 17.8. The predicted octanol–water partition coefficient (Wildman–Crippen LogP) is 3.77. The Balaban J connectivity index is 2.40. The number of hydrogen-bond donors (Lipinski definition) is 1. The van der Waals surface area contributed by atoms with Crippen LogP contribution in [0.4, 0.5) is 5.69 Å². The predicted molar refractivity (Wildman–Crippen MR) is 96.3 cm³/mol. The summed E-state index contributed by atoms with van der Waals surface area (Å²) in [4.78, 5) is 12.5. The number of esters is 1. The van der Waals surface area contributed by atoms with Gasteiger partial charge in [-0.15, -0.1) is 0 Å². The van der Waals surface area contributed by atoms with Gasteiger partial charge in [-0.05, 0) is 24.6 Å². The lowest BCUT2D eigenvalue weighted by Gasteiger charge is -2.13. The van der Waals surface area contributed by atoms with Gasteiger partial charge in [0.05, 0.1) is 18.0 Å². The maximum absolute atomic E-state index is 12.5. The molecule has 5 heteroatoms. The van der Waals surface area contributed by atoms with E-state index in [1.54, 1.807) is 11.5 Å². The van der Waals surface area contributed by atoms with E-state index < -0.39 is 5.97 Å². The van der Waals surface area contributed by atoms with Crippen LogP contribution in [0.1, 0.15) is 23.0 Å². The Morgan fingerprint density at radius 1 is 1.12 bits per heavy atom. The quantitative estimate of drug-likeness (QED) is 0.738. The second-order valence-electron chi connectivity index (χ2n) is 5.36. The van der Waals surface area contributed by atoms with Crippen molar-refractivity contribution in [1.29, 1.82) is 5.26 Å². The molecule has 0 saturated heterocycles. The molecule has 2 aromatic carbocycles. The molecule has 0 aliphatic heterocycles. The molecule has 0 bridgehead atoms. The molecule has 1 heterocycles. The fourth-order valence-corrected chi connectivity index (χ4v) is 2.81. The van der Waals surface area contributed by atoms with Gasteiger partial charge in [0.15, 0.2) is 5.69 Å². The van der Waals surface area contributed by atoms with Crippen molar-refractivity contribution in [1.82, 2.24) is 4.57 Å². The lowest BCUT2D eigenvalue weighted by atomic mass is 10.1. The number of ether oxygens (including phenoxy) is 1. The number of nitrogens with zero attached hydrogens (tertiary/aromatic N) is 2. The number of para-hydroxylation sites is 1. The number of rotatable bonds is 4. The van der Waals surface area contributed by atoms with Gasteiger partial charge < -0.3 is 15.0 Å². The van der Waals surface area contributed by atoms with Gasteiger partial charge in [0.25, 0.3) is 0 Å². The van der Waals surface area contributed by atoms with Crippen LogP contribution in [0.3, 0.4) is 0 Å². The fraction of sp³-hybridized carbons (Fsp3) is 0.100. The van der Waals surface area contributed by atoms with Crippen molar-refractivity contribution in [2.24, 2.45) is 0 Å². The van der Waals surface area contributed by atoms with Crippen molar-refractivity contribution in [3.63, 3.8) is 0 Å².